The molecule has 1 aliphatic heterocycles. The number of pyridine rings is 1. The Morgan fingerprint density at radius 3 is 2.55 bits per heavy atom. The standard InChI is InChI=1S/C23H29N3O3/c1-17(2)23(29)22-14-20(7-5-18(22)16-27)26-12-10-25(11-13-26)9-3-4-19-6-8-21(28)15-24-19/h5-8,14-17,28H,3-4,9-13H2,1-2H3. The van der Waals surface area contributed by atoms with Crippen LogP contribution < -0.4 is 4.90 Å². The summed E-state index contributed by atoms with van der Waals surface area (Å²) in [6.45, 7) is 8.45. The molecule has 2 aromatic rings. The van der Waals surface area contributed by atoms with Gasteiger partial charge in [-0.1, -0.05) is 13.8 Å². The lowest BCUT2D eigenvalue weighted by Crippen LogP contribution is -2.46. The van der Waals surface area contributed by atoms with E-state index in [0.29, 0.717) is 11.1 Å². The van der Waals surface area contributed by atoms with Gasteiger partial charge in [0.05, 0.1) is 6.20 Å². The molecule has 0 saturated carbocycles. The summed E-state index contributed by atoms with van der Waals surface area (Å²) in [6.07, 6.45) is 4.18. The Bertz CT molecular complexity index is 841. The molecule has 0 aliphatic carbocycles. The number of rotatable bonds is 8. The van der Waals surface area contributed by atoms with Gasteiger partial charge in [0.1, 0.15) is 5.75 Å². The minimum Gasteiger partial charge on any atom is -0.506 e. The minimum absolute atomic E-state index is 0.00965. The van der Waals surface area contributed by atoms with Gasteiger partial charge in [-0.15, -0.1) is 0 Å². The Labute approximate surface area is 172 Å². The quantitative estimate of drug-likeness (QED) is 0.547. The fourth-order valence-corrected chi connectivity index (χ4v) is 3.65. The molecule has 0 atom stereocenters. The van der Waals surface area contributed by atoms with Crippen LogP contribution in [0.25, 0.3) is 0 Å². The maximum atomic E-state index is 12.5. The average molecular weight is 396 g/mol. The third-order valence-corrected chi connectivity index (χ3v) is 5.41. The molecule has 1 aliphatic rings. The van der Waals surface area contributed by atoms with E-state index in [-0.39, 0.29) is 17.5 Å². The van der Waals surface area contributed by atoms with Gasteiger partial charge in [0.2, 0.25) is 0 Å². The highest BCUT2D eigenvalue weighted by Crippen LogP contribution is 2.23. The van der Waals surface area contributed by atoms with Crippen molar-refractivity contribution in [3.63, 3.8) is 0 Å². The van der Waals surface area contributed by atoms with E-state index in [1.54, 1.807) is 12.1 Å². The van der Waals surface area contributed by atoms with E-state index in [4.69, 9.17) is 0 Å². The summed E-state index contributed by atoms with van der Waals surface area (Å²) in [5.41, 5.74) is 3.00. The zero-order valence-electron chi connectivity index (χ0n) is 17.2. The van der Waals surface area contributed by atoms with Gasteiger partial charge < -0.3 is 10.0 Å². The van der Waals surface area contributed by atoms with E-state index < -0.39 is 0 Å². The summed E-state index contributed by atoms with van der Waals surface area (Å²) in [7, 11) is 0. The number of aldehydes is 1. The fraction of sp³-hybridized carbons (Fsp3) is 0.435. The smallest absolute Gasteiger partial charge is 0.166 e. The van der Waals surface area contributed by atoms with Crippen molar-refractivity contribution in [2.75, 3.05) is 37.6 Å². The molecule has 0 unspecified atom stereocenters. The van der Waals surface area contributed by atoms with Crippen molar-refractivity contribution in [2.45, 2.75) is 26.7 Å². The first-order chi connectivity index (χ1) is 14.0. The molecule has 1 saturated heterocycles. The molecular formula is C23H29N3O3. The lowest BCUT2D eigenvalue weighted by molar-refractivity contribution is 0.0934. The number of aromatic nitrogens is 1. The molecule has 6 nitrogen and oxygen atoms in total. The molecule has 154 valence electrons. The first-order valence-corrected chi connectivity index (χ1v) is 10.2. The molecule has 0 bridgehead atoms. The number of aryl methyl sites for hydroxylation is 1. The molecule has 1 aromatic heterocycles. The molecule has 0 radical (unpaired) electrons. The van der Waals surface area contributed by atoms with E-state index in [1.807, 2.05) is 32.0 Å². The Balaban J connectivity index is 1.53. The Morgan fingerprint density at radius 1 is 1.17 bits per heavy atom. The predicted molar refractivity (Wildman–Crippen MR) is 114 cm³/mol. The maximum absolute atomic E-state index is 12.5. The summed E-state index contributed by atoms with van der Waals surface area (Å²) in [5.74, 6) is 0.0728. The largest absolute Gasteiger partial charge is 0.506 e. The number of carbonyl (C=O) groups excluding carboxylic acids is 2. The highest BCUT2D eigenvalue weighted by molar-refractivity contribution is 6.04. The van der Waals surface area contributed by atoms with Gasteiger partial charge in [0.25, 0.3) is 0 Å². The molecule has 3 rings (SSSR count). The zero-order valence-corrected chi connectivity index (χ0v) is 17.2. The van der Waals surface area contributed by atoms with Gasteiger partial charge in [-0.2, -0.15) is 0 Å². The summed E-state index contributed by atoms with van der Waals surface area (Å²) < 4.78 is 0. The number of aromatic hydroxyl groups is 1. The van der Waals surface area contributed by atoms with Crippen molar-refractivity contribution in [1.82, 2.24) is 9.88 Å². The van der Waals surface area contributed by atoms with Gasteiger partial charge in [0, 0.05) is 54.6 Å². The van der Waals surface area contributed by atoms with Crippen molar-refractivity contribution >= 4 is 17.8 Å². The van der Waals surface area contributed by atoms with Crippen LogP contribution in [-0.4, -0.2) is 59.8 Å². The van der Waals surface area contributed by atoms with Gasteiger partial charge >= 0.3 is 0 Å². The van der Waals surface area contributed by atoms with Crippen molar-refractivity contribution in [1.29, 1.82) is 0 Å². The number of anilines is 1. The second-order valence-corrected chi connectivity index (χ2v) is 7.85. The average Bonchev–Trinajstić information content (AvgIpc) is 2.74. The van der Waals surface area contributed by atoms with Crippen LogP contribution in [0, 0.1) is 5.92 Å². The maximum Gasteiger partial charge on any atom is 0.166 e. The number of benzene rings is 1. The number of nitrogens with zero attached hydrogens (tertiary/aromatic N) is 3. The summed E-state index contributed by atoms with van der Waals surface area (Å²) >= 11 is 0. The molecule has 29 heavy (non-hydrogen) atoms. The topological polar surface area (TPSA) is 73.7 Å². The van der Waals surface area contributed by atoms with Gasteiger partial charge in [-0.05, 0) is 49.7 Å². The van der Waals surface area contributed by atoms with Gasteiger partial charge in [-0.25, -0.2) is 0 Å². The molecule has 2 heterocycles. The van der Waals surface area contributed by atoms with Crippen molar-refractivity contribution in [3.05, 3.63) is 53.3 Å². The van der Waals surface area contributed by atoms with E-state index >= 15 is 0 Å². The Hall–Kier alpha value is -2.73. The Kier molecular flexibility index (Phi) is 6.99. The van der Waals surface area contributed by atoms with Crippen molar-refractivity contribution in [3.8, 4) is 5.75 Å². The molecule has 6 heteroatoms. The lowest BCUT2D eigenvalue weighted by atomic mass is 9.96. The van der Waals surface area contributed by atoms with E-state index in [9.17, 15) is 14.7 Å². The molecule has 1 fully saturated rings. The van der Waals surface area contributed by atoms with Crippen LogP contribution in [0.3, 0.4) is 0 Å². The Morgan fingerprint density at radius 2 is 1.93 bits per heavy atom. The van der Waals surface area contributed by atoms with Crippen molar-refractivity contribution < 1.29 is 14.7 Å². The van der Waals surface area contributed by atoms with Crippen LogP contribution in [0.5, 0.6) is 5.75 Å². The van der Waals surface area contributed by atoms with Crippen LogP contribution >= 0.6 is 0 Å². The molecule has 0 spiro atoms. The summed E-state index contributed by atoms with van der Waals surface area (Å²) in [5, 5.41) is 9.30. The number of hydrogen-bond acceptors (Lipinski definition) is 6. The molecule has 1 N–H and O–H groups in total. The fourth-order valence-electron chi connectivity index (χ4n) is 3.65. The third-order valence-electron chi connectivity index (χ3n) is 5.41. The van der Waals surface area contributed by atoms with E-state index in [0.717, 1.165) is 63.2 Å². The number of Topliss-reactive ketones (excluding diaryl/α,β-unsaturated/α-hetero) is 1. The zero-order chi connectivity index (χ0) is 20.8. The number of ketones is 1. The highest BCUT2D eigenvalue weighted by Gasteiger charge is 2.20. The first kappa shape index (κ1) is 21.0. The third kappa shape index (κ3) is 5.41. The molecule has 1 aromatic carbocycles. The monoisotopic (exact) mass is 395 g/mol. The van der Waals surface area contributed by atoms with Crippen LogP contribution in [0.1, 0.15) is 46.7 Å². The molecule has 0 amide bonds. The predicted octanol–water partition coefficient (Wildman–Crippen LogP) is 3.19. The van der Waals surface area contributed by atoms with Crippen LogP contribution in [0.4, 0.5) is 5.69 Å². The van der Waals surface area contributed by atoms with E-state index in [2.05, 4.69) is 14.8 Å². The second kappa shape index (κ2) is 9.65. The number of hydrogen-bond donors (Lipinski definition) is 1. The van der Waals surface area contributed by atoms with Crippen LogP contribution in [-0.2, 0) is 6.42 Å². The summed E-state index contributed by atoms with van der Waals surface area (Å²) in [4.78, 5) is 32.7. The second-order valence-electron chi connectivity index (χ2n) is 7.85. The minimum atomic E-state index is -0.135. The lowest BCUT2D eigenvalue weighted by Gasteiger charge is -2.36. The van der Waals surface area contributed by atoms with Crippen LogP contribution in [0.2, 0.25) is 0 Å². The SMILES string of the molecule is CC(C)C(=O)c1cc(N2CCN(CCCc3ccc(O)cn3)CC2)ccc1C=O. The first-order valence-electron chi connectivity index (χ1n) is 10.2. The highest BCUT2D eigenvalue weighted by atomic mass is 16.3. The molecular weight excluding hydrogens is 366 g/mol. The van der Waals surface area contributed by atoms with Gasteiger partial charge in [-0.3, -0.25) is 19.5 Å². The van der Waals surface area contributed by atoms with Crippen LogP contribution in [0.15, 0.2) is 36.5 Å². The number of piperazine rings is 1. The van der Waals surface area contributed by atoms with E-state index in [1.165, 1.54) is 6.20 Å². The normalized spacial score (nSPS) is 14.9. The number of carbonyl (C=O) groups is 2. The van der Waals surface area contributed by atoms with Gasteiger partial charge in [0.15, 0.2) is 12.1 Å². The summed E-state index contributed by atoms with van der Waals surface area (Å²) in [6, 6.07) is 9.11. The van der Waals surface area contributed by atoms with Crippen molar-refractivity contribution in [2.24, 2.45) is 5.92 Å².